The van der Waals surface area contributed by atoms with Gasteiger partial charge in [0.1, 0.15) is 0 Å². The molecule has 3 N–H and O–H groups in total. The monoisotopic (exact) mass is 274 g/mol. The van der Waals surface area contributed by atoms with Crippen molar-refractivity contribution in [2.75, 3.05) is 0 Å². The Morgan fingerprint density at radius 2 is 2.12 bits per heavy atom. The Bertz CT molecular complexity index is 426. The second-order valence-corrected chi connectivity index (χ2v) is 6.18. The third-order valence-electron chi connectivity index (χ3n) is 3.13. The van der Waals surface area contributed by atoms with Crippen LogP contribution in [-0.4, -0.2) is 11.4 Å². The second-order valence-electron chi connectivity index (χ2n) is 4.72. The van der Waals surface area contributed by atoms with Gasteiger partial charge in [-0.15, -0.1) is 23.7 Å². The molecule has 1 aromatic heterocycles. The van der Waals surface area contributed by atoms with Crippen LogP contribution in [0.25, 0.3) is 0 Å². The molecule has 1 amide bonds. The summed E-state index contributed by atoms with van der Waals surface area (Å²) >= 11 is 1.77. The van der Waals surface area contributed by atoms with Gasteiger partial charge in [0.2, 0.25) is 5.91 Å². The molecule has 0 radical (unpaired) electrons. The summed E-state index contributed by atoms with van der Waals surface area (Å²) in [5, 5.41) is 3.00. The number of halogens is 1. The number of hydrogen-bond acceptors (Lipinski definition) is 3. The topological polar surface area (TPSA) is 55.1 Å². The Morgan fingerprint density at radius 3 is 2.53 bits per heavy atom. The summed E-state index contributed by atoms with van der Waals surface area (Å²) in [6.45, 7) is 6.18. The standard InChI is InChI=1S/C12H18N2OS.ClH/c1-7-6-10(9(3)16-7)8(2)14-11(15)12(13)4-5-12;/h6,8H,4-5,13H2,1-3H3,(H,14,15);1H. The molecule has 0 aromatic carbocycles. The first-order chi connectivity index (χ1) is 7.42. The van der Waals surface area contributed by atoms with E-state index in [-0.39, 0.29) is 24.4 Å². The predicted octanol–water partition coefficient (Wildman–Crippen LogP) is 2.46. The van der Waals surface area contributed by atoms with Crippen LogP contribution in [0.15, 0.2) is 6.07 Å². The Morgan fingerprint density at radius 1 is 1.53 bits per heavy atom. The van der Waals surface area contributed by atoms with Gasteiger partial charge in [-0.25, -0.2) is 0 Å². The van der Waals surface area contributed by atoms with Crippen LogP contribution in [0.1, 0.15) is 41.1 Å². The third-order valence-corrected chi connectivity index (χ3v) is 4.12. The van der Waals surface area contributed by atoms with Gasteiger partial charge in [0.25, 0.3) is 0 Å². The van der Waals surface area contributed by atoms with Crippen LogP contribution in [-0.2, 0) is 4.79 Å². The van der Waals surface area contributed by atoms with E-state index in [1.165, 1.54) is 15.3 Å². The maximum atomic E-state index is 11.8. The van der Waals surface area contributed by atoms with E-state index in [2.05, 4.69) is 25.2 Å². The number of nitrogens with two attached hydrogens (primary N) is 1. The smallest absolute Gasteiger partial charge is 0.240 e. The minimum atomic E-state index is -0.576. The van der Waals surface area contributed by atoms with Crippen molar-refractivity contribution < 1.29 is 4.79 Å². The van der Waals surface area contributed by atoms with Gasteiger partial charge >= 0.3 is 0 Å². The molecule has 96 valence electrons. The maximum absolute atomic E-state index is 11.8. The first-order valence-electron chi connectivity index (χ1n) is 5.59. The van der Waals surface area contributed by atoms with E-state index in [1.54, 1.807) is 11.3 Å². The van der Waals surface area contributed by atoms with E-state index in [1.807, 2.05) is 6.92 Å². The first kappa shape index (κ1) is 14.5. The fourth-order valence-electron chi connectivity index (χ4n) is 1.86. The molecular weight excluding hydrogens is 256 g/mol. The van der Waals surface area contributed by atoms with Crippen molar-refractivity contribution in [3.63, 3.8) is 0 Å². The molecule has 1 aromatic rings. The van der Waals surface area contributed by atoms with Crippen molar-refractivity contribution >= 4 is 29.7 Å². The van der Waals surface area contributed by atoms with Crippen molar-refractivity contribution in [2.45, 2.75) is 45.2 Å². The molecule has 1 aliphatic rings. The van der Waals surface area contributed by atoms with Gasteiger partial charge < -0.3 is 11.1 Å². The summed E-state index contributed by atoms with van der Waals surface area (Å²) < 4.78 is 0. The zero-order valence-corrected chi connectivity index (χ0v) is 12.0. The highest BCUT2D eigenvalue weighted by molar-refractivity contribution is 7.12. The van der Waals surface area contributed by atoms with E-state index >= 15 is 0 Å². The van der Waals surface area contributed by atoms with Crippen molar-refractivity contribution in [3.8, 4) is 0 Å². The van der Waals surface area contributed by atoms with E-state index < -0.39 is 5.54 Å². The van der Waals surface area contributed by atoms with Crippen molar-refractivity contribution in [1.82, 2.24) is 5.32 Å². The lowest BCUT2D eigenvalue weighted by Gasteiger charge is -2.16. The fraction of sp³-hybridized carbons (Fsp3) is 0.583. The van der Waals surface area contributed by atoms with Gasteiger partial charge in [-0.1, -0.05) is 0 Å². The fourth-order valence-corrected chi connectivity index (χ4v) is 2.88. The number of hydrogen-bond donors (Lipinski definition) is 2. The summed E-state index contributed by atoms with van der Waals surface area (Å²) in [7, 11) is 0. The molecule has 1 saturated carbocycles. The number of carbonyl (C=O) groups excluding carboxylic acids is 1. The van der Waals surface area contributed by atoms with Crippen LogP contribution in [0, 0.1) is 13.8 Å². The number of carbonyl (C=O) groups is 1. The average molecular weight is 275 g/mol. The predicted molar refractivity (Wildman–Crippen MR) is 73.8 cm³/mol. The average Bonchev–Trinajstić information content (AvgIpc) is 2.85. The van der Waals surface area contributed by atoms with Crippen LogP contribution in [0.4, 0.5) is 0 Å². The van der Waals surface area contributed by atoms with Gasteiger partial charge in [-0.05, 0) is 45.2 Å². The number of amides is 1. The van der Waals surface area contributed by atoms with Crippen molar-refractivity contribution in [3.05, 3.63) is 21.4 Å². The quantitative estimate of drug-likeness (QED) is 0.890. The molecule has 2 rings (SSSR count). The van der Waals surface area contributed by atoms with Crippen molar-refractivity contribution in [2.24, 2.45) is 5.73 Å². The number of rotatable bonds is 3. The summed E-state index contributed by atoms with van der Waals surface area (Å²) in [6.07, 6.45) is 1.63. The van der Waals surface area contributed by atoms with Crippen LogP contribution < -0.4 is 11.1 Å². The van der Waals surface area contributed by atoms with E-state index in [0.717, 1.165) is 12.8 Å². The molecular formula is C12H19ClN2OS. The van der Waals surface area contributed by atoms with Crippen molar-refractivity contribution in [1.29, 1.82) is 0 Å². The Balaban J connectivity index is 0.00000144. The summed E-state index contributed by atoms with van der Waals surface area (Å²) in [5.41, 5.74) is 6.48. The van der Waals surface area contributed by atoms with Gasteiger partial charge in [0.15, 0.2) is 0 Å². The van der Waals surface area contributed by atoms with E-state index in [4.69, 9.17) is 5.73 Å². The number of nitrogens with one attached hydrogen (secondary N) is 1. The molecule has 1 unspecified atom stereocenters. The van der Waals surface area contributed by atoms with Gasteiger partial charge in [-0.3, -0.25) is 4.79 Å². The third kappa shape index (κ3) is 3.00. The minimum absolute atomic E-state index is 0. The lowest BCUT2D eigenvalue weighted by Crippen LogP contribution is -2.43. The highest BCUT2D eigenvalue weighted by Gasteiger charge is 2.46. The van der Waals surface area contributed by atoms with Gasteiger partial charge in [0, 0.05) is 9.75 Å². The summed E-state index contributed by atoms with van der Waals surface area (Å²) in [5.74, 6) is -0.0109. The maximum Gasteiger partial charge on any atom is 0.240 e. The minimum Gasteiger partial charge on any atom is -0.348 e. The number of thiophene rings is 1. The van der Waals surface area contributed by atoms with Gasteiger partial charge in [0.05, 0.1) is 11.6 Å². The van der Waals surface area contributed by atoms with Gasteiger partial charge in [-0.2, -0.15) is 0 Å². The Labute approximate surface area is 112 Å². The molecule has 5 heteroatoms. The molecule has 17 heavy (non-hydrogen) atoms. The molecule has 1 heterocycles. The Kier molecular flexibility index (Phi) is 4.23. The van der Waals surface area contributed by atoms with E-state index in [9.17, 15) is 4.79 Å². The molecule has 0 spiro atoms. The van der Waals surface area contributed by atoms with Crippen LogP contribution in [0.2, 0.25) is 0 Å². The largest absolute Gasteiger partial charge is 0.348 e. The Hall–Kier alpha value is -0.580. The highest BCUT2D eigenvalue weighted by atomic mass is 35.5. The summed E-state index contributed by atoms with van der Waals surface area (Å²) in [4.78, 5) is 14.3. The molecule has 3 nitrogen and oxygen atoms in total. The molecule has 1 atom stereocenters. The summed E-state index contributed by atoms with van der Waals surface area (Å²) in [6, 6.07) is 2.19. The molecule has 0 bridgehead atoms. The van der Waals surface area contributed by atoms with E-state index in [0.29, 0.717) is 0 Å². The molecule has 0 aliphatic heterocycles. The highest BCUT2D eigenvalue weighted by Crippen LogP contribution is 2.33. The van der Waals surface area contributed by atoms with Crippen LogP contribution in [0.3, 0.4) is 0 Å². The molecule has 0 saturated heterocycles. The normalized spacial score (nSPS) is 18.1. The first-order valence-corrected chi connectivity index (χ1v) is 6.41. The second kappa shape index (κ2) is 4.96. The zero-order chi connectivity index (χ0) is 11.9. The van der Waals surface area contributed by atoms with Crippen LogP contribution >= 0.6 is 23.7 Å². The lowest BCUT2D eigenvalue weighted by atomic mass is 10.1. The SMILES string of the molecule is Cc1cc(C(C)NC(=O)C2(N)CC2)c(C)s1.Cl. The molecule has 1 fully saturated rings. The van der Waals surface area contributed by atoms with Crippen LogP contribution in [0.5, 0.6) is 0 Å². The zero-order valence-electron chi connectivity index (χ0n) is 10.4. The lowest BCUT2D eigenvalue weighted by molar-refractivity contribution is -0.123. The molecule has 1 aliphatic carbocycles. The number of aryl methyl sites for hydroxylation is 2.